The van der Waals surface area contributed by atoms with Crippen LogP contribution in [0.5, 0.6) is 5.75 Å². The molecule has 1 aliphatic carbocycles. The molecule has 1 fully saturated rings. The van der Waals surface area contributed by atoms with Crippen molar-refractivity contribution in [1.82, 2.24) is 15.3 Å². The molecule has 0 saturated heterocycles. The number of carbonyl (C=O) groups excluding carboxylic acids is 1. The lowest BCUT2D eigenvalue weighted by atomic mass is 9.89. The van der Waals surface area contributed by atoms with Crippen LogP contribution in [0.25, 0.3) is 0 Å². The normalized spacial score (nSPS) is 15.0. The molecule has 0 radical (unpaired) electrons. The lowest BCUT2D eigenvalue weighted by molar-refractivity contribution is -0.142. The number of halogens is 5. The number of hydrogen-bond acceptors (Lipinski definition) is 5. The predicted molar refractivity (Wildman–Crippen MR) is 97.3 cm³/mol. The summed E-state index contributed by atoms with van der Waals surface area (Å²) in [5, 5.41) is 4.64. The van der Waals surface area contributed by atoms with Gasteiger partial charge in [-0.1, -0.05) is 25.3 Å². The van der Waals surface area contributed by atoms with Crippen molar-refractivity contribution in [1.29, 1.82) is 0 Å². The number of ether oxygens (including phenoxy) is 1. The van der Waals surface area contributed by atoms with Gasteiger partial charge >= 0.3 is 12.3 Å². The van der Waals surface area contributed by atoms with Gasteiger partial charge in [0.1, 0.15) is 0 Å². The summed E-state index contributed by atoms with van der Waals surface area (Å²) in [5.74, 6) is -3.75. The number of benzene rings is 1. The van der Waals surface area contributed by atoms with Gasteiger partial charge in [-0.3, -0.25) is 0 Å². The molecule has 0 bridgehead atoms. The minimum Gasteiger partial charge on any atom is -0.406 e. The summed E-state index contributed by atoms with van der Waals surface area (Å²) >= 11 is 0. The molecule has 2 N–H and O–H groups in total. The fourth-order valence-electron chi connectivity index (χ4n) is 3.18. The Bertz CT molecular complexity index is 901. The second-order valence-corrected chi connectivity index (χ2v) is 6.91. The molecule has 0 unspecified atom stereocenters. The van der Waals surface area contributed by atoms with Crippen molar-refractivity contribution in [3.8, 4) is 5.75 Å². The Kier molecular flexibility index (Phi) is 6.68. The molecule has 6 nitrogen and oxygen atoms in total. The molecule has 30 heavy (non-hydrogen) atoms. The van der Waals surface area contributed by atoms with E-state index in [0.29, 0.717) is 12.7 Å². The van der Waals surface area contributed by atoms with Gasteiger partial charge in [0.2, 0.25) is 5.95 Å². The van der Waals surface area contributed by atoms with Gasteiger partial charge in [-0.15, -0.1) is 0 Å². The summed E-state index contributed by atoms with van der Waals surface area (Å²) in [6.07, 6.45) is -0.266. The monoisotopic (exact) mass is 430 g/mol. The SMILES string of the molecule is O=C(NCC1CCCCC1)Oc1cnc(Nc2cccc(F)c2F)nc1C(F)(F)F. The van der Waals surface area contributed by atoms with Crippen molar-refractivity contribution in [2.45, 2.75) is 38.3 Å². The summed E-state index contributed by atoms with van der Waals surface area (Å²) in [4.78, 5) is 18.8. The Morgan fingerprint density at radius 1 is 1.17 bits per heavy atom. The quantitative estimate of drug-likeness (QED) is 0.639. The zero-order valence-corrected chi connectivity index (χ0v) is 15.7. The number of nitrogens with one attached hydrogen (secondary N) is 2. The van der Waals surface area contributed by atoms with Crippen LogP contribution in [0.4, 0.5) is 38.4 Å². The first-order chi connectivity index (χ1) is 14.2. The third-order valence-electron chi connectivity index (χ3n) is 4.68. The van der Waals surface area contributed by atoms with E-state index >= 15 is 0 Å². The second-order valence-electron chi connectivity index (χ2n) is 6.91. The molecule has 0 atom stereocenters. The zero-order valence-electron chi connectivity index (χ0n) is 15.7. The molecule has 1 aromatic heterocycles. The fourth-order valence-corrected chi connectivity index (χ4v) is 3.18. The maximum absolute atomic E-state index is 13.7. The molecule has 1 amide bonds. The number of rotatable bonds is 5. The molecule has 0 spiro atoms. The predicted octanol–water partition coefficient (Wildman–Crippen LogP) is 5.19. The first-order valence-corrected chi connectivity index (χ1v) is 9.35. The average molecular weight is 430 g/mol. The molecule has 3 rings (SSSR count). The van der Waals surface area contributed by atoms with Gasteiger partial charge in [0, 0.05) is 6.54 Å². The van der Waals surface area contributed by atoms with Crippen LogP contribution in [0.1, 0.15) is 37.8 Å². The van der Waals surface area contributed by atoms with E-state index < -0.39 is 47.0 Å². The Labute approximate surface area is 168 Å². The van der Waals surface area contributed by atoms with Crippen molar-refractivity contribution >= 4 is 17.7 Å². The minimum atomic E-state index is -4.97. The number of carbonyl (C=O) groups is 1. The number of amides is 1. The van der Waals surface area contributed by atoms with Crippen LogP contribution in [0.15, 0.2) is 24.4 Å². The first-order valence-electron chi connectivity index (χ1n) is 9.35. The van der Waals surface area contributed by atoms with Crippen LogP contribution in [0, 0.1) is 17.6 Å². The van der Waals surface area contributed by atoms with Gasteiger partial charge in [0.05, 0.1) is 11.9 Å². The standard InChI is InChI=1S/C19H19F5N4O2/c20-12-7-4-8-13(15(12)21)27-17-25-10-14(16(28-17)19(22,23)24)30-18(29)26-9-11-5-2-1-3-6-11/h4,7-8,10-11H,1-3,5-6,9H2,(H,26,29)(H,25,27,28). The number of alkyl halides is 3. The Morgan fingerprint density at radius 3 is 2.60 bits per heavy atom. The molecular weight excluding hydrogens is 411 g/mol. The largest absolute Gasteiger partial charge is 0.437 e. The van der Waals surface area contributed by atoms with E-state index in [-0.39, 0.29) is 5.92 Å². The molecule has 11 heteroatoms. The molecule has 1 heterocycles. The van der Waals surface area contributed by atoms with Crippen LogP contribution in [-0.2, 0) is 6.18 Å². The van der Waals surface area contributed by atoms with Crippen molar-refractivity contribution in [2.24, 2.45) is 5.92 Å². The van der Waals surface area contributed by atoms with Crippen LogP contribution < -0.4 is 15.4 Å². The van der Waals surface area contributed by atoms with Gasteiger partial charge in [0.25, 0.3) is 0 Å². The number of nitrogens with zero attached hydrogens (tertiary/aromatic N) is 2. The van der Waals surface area contributed by atoms with Crippen LogP contribution in [-0.4, -0.2) is 22.6 Å². The molecular formula is C19H19F5N4O2. The van der Waals surface area contributed by atoms with Crippen molar-refractivity contribution in [3.05, 3.63) is 41.7 Å². The molecule has 1 aliphatic rings. The van der Waals surface area contributed by atoms with E-state index in [0.717, 1.165) is 44.2 Å². The first kappa shape index (κ1) is 21.7. The van der Waals surface area contributed by atoms with E-state index in [1.165, 1.54) is 6.07 Å². The summed E-state index contributed by atoms with van der Waals surface area (Å²) in [5.41, 5.74) is -1.97. The summed E-state index contributed by atoms with van der Waals surface area (Å²) < 4.78 is 71.9. The van der Waals surface area contributed by atoms with Crippen molar-refractivity contribution < 1.29 is 31.5 Å². The summed E-state index contributed by atoms with van der Waals surface area (Å²) in [6.45, 7) is 0.305. The van der Waals surface area contributed by atoms with Crippen LogP contribution >= 0.6 is 0 Å². The van der Waals surface area contributed by atoms with Crippen LogP contribution in [0.2, 0.25) is 0 Å². The Balaban J connectivity index is 1.72. The highest BCUT2D eigenvalue weighted by Gasteiger charge is 2.38. The van der Waals surface area contributed by atoms with E-state index in [2.05, 4.69) is 20.6 Å². The molecule has 1 aromatic carbocycles. The topological polar surface area (TPSA) is 76.1 Å². The molecule has 162 valence electrons. The van der Waals surface area contributed by atoms with Gasteiger partial charge in [0.15, 0.2) is 23.1 Å². The van der Waals surface area contributed by atoms with E-state index in [9.17, 15) is 26.7 Å². The molecule has 0 aliphatic heterocycles. The third kappa shape index (κ3) is 5.55. The highest BCUT2D eigenvalue weighted by molar-refractivity contribution is 5.70. The second kappa shape index (κ2) is 9.23. The van der Waals surface area contributed by atoms with E-state index in [1.807, 2.05) is 0 Å². The van der Waals surface area contributed by atoms with Crippen molar-refractivity contribution in [3.63, 3.8) is 0 Å². The lowest BCUT2D eigenvalue weighted by Crippen LogP contribution is -2.33. The Hall–Kier alpha value is -2.98. The van der Waals surface area contributed by atoms with Crippen LogP contribution in [0.3, 0.4) is 0 Å². The number of aromatic nitrogens is 2. The van der Waals surface area contributed by atoms with Gasteiger partial charge in [-0.05, 0) is 30.9 Å². The number of hydrogen-bond donors (Lipinski definition) is 2. The third-order valence-corrected chi connectivity index (χ3v) is 4.68. The lowest BCUT2D eigenvalue weighted by Gasteiger charge is -2.21. The zero-order chi connectivity index (χ0) is 21.7. The smallest absolute Gasteiger partial charge is 0.406 e. The highest BCUT2D eigenvalue weighted by Crippen LogP contribution is 2.35. The molecule has 1 saturated carbocycles. The molecule has 2 aromatic rings. The van der Waals surface area contributed by atoms with Gasteiger partial charge in [-0.2, -0.15) is 13.2 Å². The maximum atomic E-state index is 13.7. The minimum absolute atomic E-state index is 0.261. The number of anilines is 2. The average Bonchev–Trinajstić information content (AvgIpc) is 2.71. The Morgan fingerprint density at radius 2 is 1.90 bits per heavy atom. The van der Waals surface area contributed by atoms with E-state index in [4.69, 9.17) is 4.74 Å². The maximum Gasteiger partial charge on any atom is 0.437 e. The van der Waals surface area contributed by atoms with Crippen molar-refractivity contribution in [2.75, 3.05) is 11.9 Å². The van der Waals surface area contributed by atoms with E-state index in [1.54, 1.807) is 0 Å². The van der Waals surface area contributed by atoms with Gasteiger partial charge in [-0.25, -0.2) is 23.5 Å². The van der Waals surface area contributed by atoms with Gasteiger partial charge < -0.3 is 15.4 Å². The fraction of sp³-hybridized carbons (Fsp3) is 0.421. The highest BCUT2D eigenvalue weighted by atomic mass is 19.4. The summed E-state index contributed by atoms with van der Waals surface area (Å²) in [7, 11) is 0. The summed E-state index contributed by atoms with van der Waals surface area (Å²) in [6, 6.07) is 3.13.